The molecule has 16 nitrogen and oxygen atoms in total. The maximum Gasteiger partial charge on any atom is 0.251 e. The van der Waals surface area contributed by atoms with Crippen molar-refractivity contribution in [1.82, 2.24) is 46.6 Å². The molecule has 1 aliphatic carbocycles. The van der Waals surface area contributed by atoms with E-state index in [4.69, 9.17) is 0 Å². The van der Waals surface area contributed by atoms with Crippen LogP contribution in [0.1, 0.15) is 143 Å². The van der Waals surface area contributed by atoms with E-state index in [1.165, 1.54) is 16.5 Å². The highest BCUT2D eigenvalue weighted by atomic mass is 19.1. The second-order valence-electron chi connectivity index (χ2n) is 23.4. The molecule has 2 heterocycles. The van der Waals surface area contributed by atoms with E-state index in [0.717, 1.165) is 30.4 Å². The molecule has 0 bridgehead atoms. The zero-order valence-corrected chi connectivity index (χ0v) is 47.2. The molecule has 418 valence electrons. The number of nitrogens with zero attached hydrogens (tertiary/aromatic N) is 3. The van der Waals surface area contributed by atoms with E-state index < -0.39 is 88.6 Å². The highest BCUT2D eigenvalue weighted by Gasteiger charge is 2.47. The van der Waals surface area contributed by atoms with Crippen molar-refractivity contribution in [3.8, 4) is 0 Å². The molecule has 3 aliphatic rings. The van der Waals surface area contributed by atoms with Gasteiger partial charge in [-0.05, 0) is 124 Å². The Kier molecular flexibility index (Phi) is 18.6. The molecule has 5 unspecified atom stereocenters. The monoisotopic (exact) mass is 1070 g/mol. The van der Waals surface area contributed by atoms with Crippen LogP contribution in [0, 0.1) is 16.6 Å². The van der Waals surface area contributed by atoms with Crippen LogP contribution in [0.4, 0.5) is 4.39 Å². The maximum atomic E-state index is 15.8. The number of amides is 7. The summed E-state index contributed by atoms with van der Waals surface area (Å²) in [6.07, 6.45) is 3.12. The lowest BCUT2D eigenvalue weighted by atomic mass is 9.83. The van der Waals surface area contributed by atoms with Crippen LogP contribution in [-0.2, 0) is 48.2 Å². The van der Waals surface area contributed by atoms with E-state index in [-0.39, 0.29) is 60.9 Å². The zero-order chi connectivity index (χ0) is 56.8. The van der Waals surface area contributed by atoms with Gasteiger partial charge in [-0.2, -0.15) is 0 Å². The lowest BCUT2D eigenvalue weighted by Crippen LogP contribution is -2.60. The Morgan fingerprint density at radius 2 is 1.21 bits per heavy atom. The zero-order valence-electron chi connectivity index (χ0n) is 47.2. The van der Waals surface area contributed by atoms with Gasteiger partial charge in [0.2, 0.25) is 29.5 Å². The van der Waals surface area contributed by atoms with Gasteiger partial charge in [0.15, 0.2) is 0 Å². The normalized spacial score (nSPS) is 20.2. The van der Waals surface area contributed by atoms with Crippen molar-refractivity contribution in [2.24, 2.45) is 10.8 Å². The fourth-order valence-corrected chi connectivity index (χ4v) is 10.9. The minimum atomic E-state index is -1.13. The molecule has 78 heavy (non-hydrogen) atoms. The first-order chi connectivity index (χ1) is 36.9. The number of likely N-dealkylation sites (N-methyl/N-ethyl adjacent to an activating group) is 2. The number of rotatable bonds is 17. The third-order valence-electron chi connectivity index (χ3n) is 15.8. The van der Waals surface area contributed by atoms with Crippen molar-refractivity contribution >= 4 is 41.4 Å². The first-order valence-corrected chi connectivity index (χ1v) is 27.4. The van der Waals surface area contributed by atoms with Gasteiger partial charge in [-0.25, -0.2) is 4.39 Å². The molecule has 0 aromatic heterocycles. The molecule has 4 aromatic carbocycles. The Hall–Kier alpha value is -6.98. The van der Waals surface area contributed by atoms with Gasteiger partial charge in [0.25, 0.3) is 11.8 Å². The summed E-state index contributed by atoms with van der Waals surface area (Å²) in [6.45, 7) is 16.5. The number of hydrogen-bond acceptors (Lipinski definition) is 9. The molecule has 4 aromatic rings. The number of benzene rings is 4. The van der Waals surface area contributed by atoms with E-state index in [1.807, 2.05) is 84.0 Å². The number of halogens is 1. The number of nitrogens with one attached hydrogen (secondary N) is 6. The Bertz CT molecular complexity index is 2850. The molecule has 9 atom stereocenters. The molecule has 0 spiro atoms. The van der Waals surface area contributed by atoms with Crippen LogP contribution in [0.5, 0.6) is 0 Å². The summed E-state index contributed by atoms with van der Waals surface area (Å²) in [4.78, 5) is 105. The SMILES string of the molecule is CN[C@@H](C)C(=O)NC(C(=O)N1C[C@@H](NC(=O)c2ccc(CN(C(=O)C3c4ccccc4CCN3C(=O)C(NC(=O)[C@H](C)NC)C(C)(C)C)[C@H](C)c3ccccc3F)cc2)CC1C(=O)NC1CCCc2ccccc21)C(C)(C)C. The standard InChI is InChI=1S/C61H80FN9O7/c1-36(63-10)53(72)67-51(60(4,5)6)58(77)69-32-31-41-20-13-15-24-46(41)50(69)57(76)70(38(3)44-22-16-17-25-47(44)62)34-39-27-29-42(30-28-39)55(74)65-43-33-49(56(75)66-48-26-18-21-40-19-12-14-23-45(40)48)71(35-43)59(78)52(61(7,8)9)68-54(73)37(2)64-11/h12-17,19-20,22-25,27-30,36-38,43,48-52,63-64H,18,21,26,31-35H2,1-11H3,(H,65,74)(H,66,75)(H,67,72)(H,68,73)/t36-,37-,38+,43-,48?,49?,50?,51?,52?/m0/s1. The summed E-state index contributed by atoms with van der Waals surface area (Å²) in [5, 5.41) is 18.0. The summed E-state index contributed by atoms with van der Waals surface area (Å²) in [5.74, 6) is -3.33. The number of aryl methyl sites for hydroxylation is 1. The topological polar surface area (TPSA) is 201 Å². The van der Waals surface area contributed by atoms with Crippen LogP contribution in [0.3, 0.4) is 0 Å². The first-order valence-electron chi connectivity index (χ1n) is 27.4. The molecule has 6 N–H and O–H groups in total. The van der Waals surface area contributed by atoms with E-state index in [0.29, 0.717) is 17.5 Å². The number of carbonyl (C=O) groups excluding carboxylic acids is 7. The minimum absolute atomic E-state index is 0.0127. The smallest absolute Gasteiger partial charge is 0.251 e. The molecule has 7 rings (SSSR count). The van der Waals surface area contributed by atoms with E-state index >= 15 is 9.18 Å². The lowest BCUT2D eigenvalue weighted by Gasteiger charge is -2.43. The van der Waals surface area contributed by atoms with E-state index in [2.05, 4.69) is 38.0 Å². The van der Waals surface area contributed by atoms with Crippen LogP contribution < -0.4 is 31.9 Å². The van der Waals surface area contributed by atoms with Gasteiger partial charge < -0.3 is 46.6 Å². The second kappa shape index (κ2) is 24.8. The van der Waals surface area contributed by atoms with Gasteiger partial charge in [-0.15, -0.1) is 0 Å². The summed E-state index contributed by atoms with van der Waals surface area (Å²) >= 11 is 0. The number of likely N-dealkylation sites (tertiary alicyclic amines) is 1. The predicted molar refractivity (Wildman–Crippen MR) is 298 cm³/mol. The van der Waals surface area contributed by atoms with Gasteiger partial charge in [0, 0.05) is 36.8 Å². The Labute approximate surface area is 459 Å². The van der Waals surface area contributed by atoms with Gasteiger partial charge in [-0.1, -0.05) is 120 Å². The maximum absolute atomic E-state index is 15.8. The number of carbonyl (C=O) groups is 7. The largest absolute Gasteiger partial charge is 0.347 e. The van der Waals surface area contributed by atoms with Gasteiger partial charge in [0.1, 0.15) is 30.0 Å². The number of hydrogen-bond donors (Lipinski definition) is 6. The molecular weight excluding hydrogens is 990 g/mol. The minimum Gasteiger partial charge on any atom is -0.347 e. The average Bonchev–Trinajstić information content (AvgIpc) is 3.91. The molecule has 1 fully saturated rings. The summed E-state index contributed by atoms with van der Waals surface area (Å²) in [6, 6.07) is 21.5. The molecular formula is C61H80FN9O7. The highest BCUT2D eigenvalue weighted by Crippen LogP contribution is 2.38. The predicted octanol–water partition coefficient (Wildman–Crippen LogP) is 6.21. The molecule has 0 radical (unpaired) electrons. The van der Waals surface area contributed by atoms with Crippen molar-refractivity contribution in [3.05, 3.63) is 142 Å². The van der Waals surface area contributed by atoms with Crippen LogP contribution in [0.15, 0.2) is 97.1 Å². The lowest BCUT2D eigenvalue weighted by molar-refractivity contribution is -0.152. The van der Waals surface area contributed by atoms with E-state index in [1.54, 1.807) is 87.1 Å². The Morgan fingerprint density at radius 3 is 1.78 bits per heavy atom. The van der Waals surface area contributed by atoms with Gasteiger partial charge in [-0.3, -0.25) is 33.6 Å². The summed E-state index contributed by atoms with van der Waals surface area (Å²) in [7, 11) is 3.32. The van der Waals surface area contributed by atoms with Crippen molar-refractivity contribution in [2.45, 2.75) is 155 Å². The van der Waals surface area contributed by atoms with Crippen LogP contribution >= 0.6 is 0 Å². The third-order valence-corrected chi connectivity index (χ3v) is 15.8. The summed E-state index contributed by atoms with van der Waals surface area (Å²) in [5.41, 5.74) is 3.42. The molecule has 0 saturated carbocycles. The first kappa shape index (κ1) is 58.7. The second-order valence-corrected chi connectivity index (χ2v) is 23.4. The Morgan fingerprint density at radius 1 is 0.667 bits per heavy atom. The van der Waals surface area contributed by atoms with Crippen LogP contribution in [-0.4, -0.2) is 119 Å². The average molecular weight is 1070 g/mol. The van der Waals surface area contributed by atoms with Crippen LogP contribution in [0.2, 0.25) is 0 Å². The third kappa shape index (κ3) is 13.3. The van der Waals surface area contributed by atoms with Gasteiger partial charge in [0.05, 0.1) is 24.2 Å². The Balaban J connectivity index is 1.16. The van der Waals surface area contributed by atoms with Crippen molar-refractivity contribution < 1.29 is 38.0 Å². The quantitative estimate of drug-likeness (QED) is 0.0711. The van der Waals surface area contributed by atoms with Crippen LogP contribution in [0.25, 0.3) is 0 Å². The highest BCUT2D eigenvalue weighted by molar-refractivity contribution is 5.97. The molecule has 17 heteroatoms. The van der Waals surface area contributed by atoms with Crippen molar-refractivity contribution in [2.75, 3.05) is 27.2 Å². The fourth-order valence-electron chi connectivity index (χ4n) is 10.9. The van der Waals surface area contributed by atoms with Crippen molar-refractivity contribution in [1.29, 1.82) is 0 Å². The summed E-state index contributed by atoms with van der Waals surface area (Å²) < 4.78 is 15.8. The fraction of sp³-hybridized carbons (Fsp3) is 0.492. The molecule has 2 aliphatic heterocycles. The van der Waals surface area contributed by atoms with E-state index in [9.17, 15) is 28.8 Å². The molecule has 7 amide bonds. The van der Waals surface area contributed by atoms with Crippen molar-refractivity contribution in [3.63, 3.8) is 0 Å². The molecule has 1 saturated heterocycles. The number of fused-ring (bicyclic) bond motifs is 2. The van der Waals surface area contributed by atoms with Gasteiger partial charge >= 0.3 is 0 Å².